The summed E-state index contributed by atoms with van der Waals surface area (Å²) in [6, 6.07) is 10.9. The van der Waals surface area contributed by atoms with Gasteiger partial charge >= 0.3 is 6.18 Å². The smallest absolute Gasteiger partial charge is 0.321 e. The van der Waals surface area contributed by atoms with E-state index in [1.807, 2.05) is 30.3 Å². The molecule has 20 heavy (non-hydrogen) atoms. The number of hydrogen-bond donors (Lipinski definition) is 0. The second-order valence-electron chi connectivity index (χ2n) is 4.38. The van der Waals surface area contributed by atoms with Crippen LogP contribution < -0.4 is 0 Å². The number of para-hydroxylation sites is 1. The van der Waals surface area contributed by atoms with Crippen molar-refractivity contribution in [2.75, 3.05) is 0 Å². The van der Waals surface area contributed by atoms with Crippen LogP contribution >= 0.6 is 0 Å². The zero-order valence-electron chi connectivity index (χ0n) is 10.3. The monoisotopic (exact) mass is 277 g/mol. The van der Waals surface area contributed by atoms with Crippen LogP contribution in [0.4, 0.5) is 13.2 Å². The van der Waals surface area contributed by atoms with Crippen molar-refractivity contribution in [2.45, 2.75) is 12.7 Å². The Morgan fingerprint density at radius 1 is 1.05 bits per heavy atom. The van der Waals surface area contributed by atoms with E-state index in [1.165, 1.54) is 12.4 Å². The minimum atomic E-state index is -4.29. The Morgan fingerprint density at radius 3 is 2.65 bits per heavy atom. The van der Waals surface area contributed by atoms with Gasteiger partial charge in [-0.05, 0) is 12.1 Å². The van der Waals surface area contributed by atoms with Crippen LogP contribution in [-0.4, -0.2) is 20.7 Å². The van der Waals surface area contributed by atoms with E-state index in [0.29, 0.717) is 5.69 Å². The number of pyridine rings is 1. The van der Waals surface area contributed by atoms with E-state index in [9.17, 15) is 13.2 Å². The number of benzene rings is 1. The largest absolute Gasteiger partial charge is 0.406 e. The van der Waals surface area contributed by atoms with Crippen molar-refractivity contribution in [3.63, 3.8) is 0 Å². The number of rotatable bonds is 2. The van der Waals surface area contributed by atoms with E-state index in [1.54, 1.807) is 6.07 Å². The highest BCUT2D eigenvalue weighted by atomic mass is 19.4. The molecule has 2 aromatic heterocycles. The lowest BCUT2D eigenvalue weighted by molar-refractivity contribution is -0.140. The third-order valence-electron chi connectivity index (χ3n) is 2.89. The Labute approximate surface area is 112 Å². The number of fused-ring (bicyclic) bond motifs is 1. The summed E-state index contributed by atoms with van der Waals surface area (Å²) in [7, 11) is 0. The molecule has 0 bridgehead atoms. The second-order valence-corrected chi connectivity index (χ2v) is 4.38. The molecule has 0 atom stereocenters. The van der Waals surface area contributed by atoms with Gasteiger partial charge in [-0.15, -0.1) is 0 Å². The molecule has 2 heterocycles. The molecule has 0 aliphatic carbocycles. The Kier molecular flexibility index (Phi) is 2.93. The van der Waals surface area contributed by atoms with Crippen LogP contribution in [0.5, 0.6) is 0 Å². The highest BCUT2D eigenvalue weighted by Gasteiger charge is 2.29. The quantitative estimate of drug-likeness (QED) is 0.715. The van der Waals surface area contributed by atoms with E-state index >= 15 is 0 Å². The first kappa shape index (κ1) is 12.7. The number of halogens is 3. The minimum absolute atomic E-state index is 0.216. The molecule has 0 radical (unpaired) electrons. The molecule has 0 aliphatic rings. The number of aromatic nitrogens is 3. The zero-order chi connectivity index (χ0) is 14.2. The van der Waals surface area contributed by atoms with Crippen molar-refractivity contribution in [1.82, 2.24) is 14.5 Å². The van der Waals surface area contributed by atoms with E-state index in [-0.39, 0.29) is 5.82 Å². The van der Waals surface area contributed by atoms with Gasteiger partial charge in [0, 0.05) is 17.8 Å². The average Bonchev–Trinajstić information content (AvgIpc) is 2.84. The highest BCUT2D eigenvalue weighted by molar-refractivity contribution is 5.80. The van der Waals surface area contributed by atoms with E-state index in [2.05, 4.69) is 9.97 Å². The van der Waals surface area contributed by atoms with Gasteiger partial charge in [-0.2, -0.15) is 13.2 Å². The topological polar surface area (TPSA) is 30.7 Å². The lowest BCUT2D eigenvalue weighted by Crippen LogP contribution is -2.18. The molecule has 102 valence electrons. The molecule has 0 saturated heterocycles. The molecule has 6 heteroatoms. The van der Waals surface area contributed by atoms with Crippen molar-refractivity contribution in [2.24, 2.45) is 0 Å². The van der Waals surface area contributed by atoms with Gasteiger partial charge in [0.2, 0.25) is 0 Å². The maximum Gasteiger partial charge on any atom is 0.406 e. The number of alkyl halides is 3. The van der Waals surface area contributed by atoms with Crippen LogP contribution in [0.25, 0.3) is 22.4 Å². The van der Waals surface area contributed by atoms with Gasteiger partial charge in [-0.1, -0.05) is 24.3 Å². The summed E-state index contributed by atoms with van der Waals surface area (Å²) in [5, 5.41) is 0.935. The molecule has 0 amide bonds. The SMILES string of the molecule is FC(F)(F)Cn1ccnc1-c1ccc2ccccc2n1. The molecular weight excluding hydrogens is 267 g/mol. The Morgan fingerprint density at radius 2 is 1.85 bits per heavy atom. The maximum atomic E-state index is 12.5. The van der Waals surface area contributed by atoms with Crippen molar-refractivity contribution < 1.29 is 13.2 Å². The molecule has 0 fully saturated rings. The fourth-order valence-electron chi connectivity index (χ4n) is 2.05. The normalized spacial score (nSPS) is 11.9. The lowest BCUT2D eigenvalue weighted by Gasteiger charge is -2.10. The predicted octanol–water partition coefficient (Wildman–Crippen LogP) is 3.66. The van der Waals surface area contributed by atoms with Crippen LogP contribution in [-0.2, 0) is 6.54 Å². The fourth-order valence-corrected chi connectivity index (χ4v) is 2.05. The summed E-state index contributed by atoms with van der Waals surface area (Å²) in [6.45, 7) is -1.07. The molecule has 0 saturated carbocycles. The standard InChI is InChI=1S/C14H10F3N3/c15-14(16,17)9-20-8-7-18-13(20)12-6-5-10-3-1-2-4-11(10)19-12/h1-8H,9H2. The van der Waals surface area contributed by atoms with E-state index in [4.69, 9.17) is 0 Å². The predicted molar refractivity (Wildman–Crippen MR) is 69.0 cm³/mol. The minimum Gasteiger partial charge on any atom is -0.321 e. The first-order chi connectivity index (χ1) is 9.53. The molecule has 3 nitrogen and oxygen atoms in total. The third-order valence-corrected chi connectivity index (χ3v) is 2.89. The van der Waals surface area contributed by atoms with Gasteiger partial charge in [0.25, 0.3) is 0 Å². The summed E-state index contributed by atoms with van der Waals surface area (Å²) in [5.74, 6) is 0.216. The molecular formula is C14H10F3N3. The van der Waals surface area contributed by atoms with Crippen molar-refractivity contribution in [1.29, 1.82) is 0 Å². The van der Waals surface area contributed by atoms with Crippen molar-refractivity contribution in [3.05, 3.63) is 48.8 Å². The van der Waals surface area contributed by atoms with Crippen LogP contribution in [0.3, 0.4) is 0 Å². The van der Waals surface area contributed by atoms with Crippen LogP contribution in [0, 0.1) is 0 Å². The third kappa shape index (κ3) is 2.49. The van der Waals surface area contributed by atoms with Crippen molar-refractivity contribution >= 4 is 10.9 Å². The van der Waals surface area contributed by atoms with Crippen LogP contribution in [0.2, 0.25) is 0 Å². The maximum absolute atomic E-state index is 12.5. The molecule has 0 aliphatic heterocycles. The van der Waals surface area contributed by atoms with E-state index < -0.39 is 12.7 Å². The number of nitrogens with zero attached hydrogens (tertiary/aromatic N) is 3. The fraction of sp³-hybridized carbons (Fsp3) is 0.143. The van der Waals surface area contributed by atoms with Crippen LogP contribution in [0.1, 0.15) is 0 Å². The first-order valence-electron chi connectivity index (χ1n) is 5.97. The van der Waals surface area contributed by atoms with Crippen molar-refractivity contribution in [3.8, 4) is 11.5 Å². The molecule has 3 rings (SSSR count). The summed E-state index contributed by atoms with van der Waals surface area (Å²) in [5.41, 5.74) is 1.16. The molecule has 3 aromatic rings. The van der Waals surface area contributed by atoms with E-state index in [0.717, 1.165) is 15.5 Å². The summed E-state index contributed by atoms with van der Waals surface area (Å²) in [4.78, 5) is 8.34. The summed E-state index contributed by atoms with van der Waals surface area (Å²) in [6.07, 6.45) is -1.63. The zero-order valence-corrected chi connectivity index (χ0v) is 10.3. The highest BCUT2D eigenvalue weighted by Crippen LogP contribution is 2.23. The lowest BCUT2D eigenvalue weighted by atomic mass is 10.2. The molecule has 0 spiro atoms. The summed E-state index contributed by atoms with van der Waals surface area (Å²) < 4.78 is 38.5. The van der Waals surface area contributed by atoms with Gasteiger partial charge in [0.05, 0.1) is 5.52 Å². The second kappa shape index (κ2) is 4.63. The Bertz CT molecular complexity index is 747. The van der Waals surface area contributed by atoms with Gasteiger partial charge in [-0.3, -0.25) is 0 Å². The van der Waals surface area contributed by atoms with Gasteiger partial charge < -0.3 is 4.57 Å². The van der Waals surface area contributed by atoms with Gasteiger partial charge in [0.1, 0.15) is 12.2 Å². The molecule has 0 unspecified atom stereocenters. The first-order valence-corrected chi connectivity index (χ1v) is 5.97. The van der Waals surface area contributed by atoms with Crippen LogP contribution in [0.15, 0.2) is 48.8 Å². The molecule has 0 N–H and O–H groups in total. The summed E-state index contributed by atoms with van der Waals surface area (Å²) >= 11 is 0. The average molecular weight is 277 g/mol. The van der Waals surface area contributed by atoms with Gasteiger partial charge in [0.15, 0.2) is 5.82 Å². The van der Waals surface area contributed by atoms with Gasteiger partial charge in [-0.25, -0.2) is 9.97 Å². The number of hydrogen-bond acceptors (Lipinski definition) is 2. The Hall–Kier alpha value is -2.37. The Balaban J connectivity index is 2.05. The number of imidazole rings is 1. The molecule has 1 aromatic carbocycles.